The minimum atomic E-state index is -0.320. The molecule has 2 rings (SSSR count). The molecule has 0 bridgehead atoms. The van der Waals surface area contributed by atoms with Crippen LogP contribution in [-0.4, -0.2) is 25.8 Å². The Kier molecular flexibility index (Phi) is 2.03. The number of benzene rings is 1. The molecule has 12 heavy (non-hydrogen) atoms. The maximum absolute atomic E-state index is 10.4. The Bertz CT molecular complexity index is 338. The van der Waals surface area contributed by atoms with Gasteiger partial charge in [-0.05, 0) is 0 Å². The summed E-state index contributed by atoms with van der Waals surface area (Å²) in [6.45, 7) is 0. The van der Waals surface area contributed by atoms with Crippen LogP contribution in [0.15, 0.2) is 18.2 Å². The summed E-state index contributed by atoms with van der Waals surface area (Å²) in [5.74, 6) is 0. The number of hydrogen-bond donors (Lipinski definition) is 0. The molecular weight excluding hydrogens is 270 g/mol. The van der Waals surface area contributed by atoms with Gasteiger partial charge in [0.05, 0.1) is 0 Å². The van der Waals surface area contributed by atoms with Crippen LogP contribution in [0.1, 0.15) is 11.1 Å². The number of non-ortho nitro benzene ring substituents is 1. The molecule has 0 spiro atoms. The molecule has 0 aliphatic carbocycles. The summed E-state index contributed by atoms with van der Waals surface area (Å²) in [4.78, 5) is 10.1. The topological polar surface area (TPSA) is 43.1 Å². The summed E-state index contributed by atoms with van der Waals surface area (Å²) in [5.41, 5.74) is 2.79. The summed E-state index contributed by atoms with van der Waals surface area (Å²) in [5, 5.41) is 10.4. The van der Waals surface area contributed by atoms with Gasteiger partial charge in [0.15, 0.2) is 0 Å². The first-order valence-electron chi connectivity index (χ1n) is 3.61. The van der Waals surface area contributed by atoms with Crippen molar-refractivity contribution in [2.75, 3.05) is 0 Å². The van der Waals surface area contributed by atoms with Gasteiger partial charge in [-0.2, -0.15) is 0 Å². The number of rotatable bonds is 1. The minimum absolute atomic E-state index is 0.0976. The Hall–Kier alpha value is -0.590. The van der Waals surface area contributed by atoms with Crippen LogP contribution in [0.4, 0.5) is 5.69 Å². The SMILES string of the molecule is O=[N+]([O-])c1ccc2c(c1)C[Te]C2. The molecule has 0 aromatic heterocycles. The molecule has 1 aromatic rings. The number of hydrogen-bond acceptors (Lipinski definition) is 2. The number of nitro groups is 1. The molecule has 4 heteroatoms. The molecule has 1 heterocycles. The van der Waals surface area contributed by atoms with Crippen LogP contribution < -0.4 is 0 Å². The molecular formula is C8H7NO2Te. The zero-order valence-electron chi connectivity index (χ0n) is 6.32. The molecule has 1 aromatic carbocycles. The van der Waals surface area contributed by atoms with Crippen LogP contribution in [0, 0.1) is 10.1 Å². The molecule has 0 saturated carbocycles. The Morgan fingerprint density at radius 2 is 2.08 bits per heavy atom. The predicted octanol–water partition coefficient (Wildman–Crippen LogP) is 1.31. The molecule has 0 saturated heterocycles. The third-order valence-corrected chi connectivity index (χ3v) is 4.86. The fourth-order valence-corrected chi connectivity index (χ4v) is 4.39. The van der Waals surface area contributed by atoms with E-state index in [4.69, 9.17) is 0 Å². The van der Waals surface area contributed by atoms with Crippen molar-refractivity contribution in [1.29, 1.82) is 0 Å². The fourth-order valence-electron chi connectivity index (χ4n) is 1.27. The van der Waals surface area contributed by atoms with Gasteiger partial charge in [0.2, 0.25) is 0 Å². The average molecular weight is 277 g/mol. The normalized spacial score (nSPS) is 14.3. The van der Waals surface area contributed by atoms with Gasteiger partial charge in [0.1, 0.15) is 0 Å². The molecule has 0 unspecified atom stereocenters. The van der Waals surface area contributed by atoms with Crippen molar-refractivity contribution in [1.82, 2.24) is 0 Å². The van der Waals surface area contributed by atoms with Gasteiger partial charge in [-0.25, -0.2) is 0 Å². The molecule has 0 fully saturated rings. The standard InChI is InChI=1S/C8H7NO2Te/c10-9(11)8-2-1-6-4-12-5-7(6)3-8/h1-3H,4-5H2. The van der Waals surface area contributed by atoms with E-state index in [0.717, 1.165) is 4.47 Å². The van der Waals surface area contributed by atoms with Crippen LogP contribution in [0.2, 0.25) is 0 Å². The van der Waals surface area contributed by atoms with Crippen LogP contribution in [0.25, 0.3) is 0 Å². The third-order valence-electron chi connectivity index (χ3n) is 1.92. The van der Waals surface area contributed by atoms with Crippen molar-refractivity contribution in [2.24, 2.45) is 0 Å². The van der Waals surface area contributed by atoms with E-state index in [2.05, 4.69) is 0 Å². The van der Waals surface area contributed by atoms with Gasteiger partial charge >= 0.3 is 79.9 Å². The molecule has 0 radical (unpaired) electrons. The Morgan fingerprint density at radius 1 is 1.33 bits per heavy atom. The van der Waals surface area contributed by atoms with Gasteiger partial charge in [-0.1, -0.05) is 0 Å². The van der Waals surface area contributed by atoms with E-state index in [1.165, 1.54) is 15.6 Å². The van der Waals surface area contributed by atoms with Crippen molar-refractivity contribution >= 4 is 26.6 Å². The van der Waals surface area contributed by atoms with Crippen LogP contribution in [0.3, 0.4) is 0 Å². The quantitative estimate of drug-likeness (QED) is 0.441. The number of fused-ring (bicyclic) bond motifs is 1. The van der Waals surface area contributed by atoms with E-state index < -0.39 is 0 Å². The first kappa shape index (κ1) is 8.03. The maximum atomic E-state index is 10.4. The average Bonchev–Trinajstić information content (AvgIpc) is 2.49. The summed E-state index contributed by atoms with van der Waals surface area (Å²) < 4.78 is 2.33. The second-order valence-electron chi connectivity index (χ2n) is 2.70. The molecule has 1 aliphatic heterocycles. The van der Waals surface area contributed by atoms with Gasteiger partial charge in [0, 0.05) is 0 Å². The molecule has 62 valence electrons. The van der Waals surface area contributed by atoms with Crippen LogP contribution in [-0.2, 0) is 8.94 Å². The Morgan fingerprint density at radius 3 is 2.83 bits per heavy atom. The Labute approximate surface area is 80.0 Å². The second kappa shape index (κ2) is 3.04. The van der Waals surface area contributed by atoms with E-state index in [1.807, 2.05) is 6.07 Å². The Balaban J connectivity index is 2.45. The van der Waals surface area contributed by atoms with Crippen LogP contribution >= 0.6 is 0 Å². The van der Waals surface area contributed by atoms with Crippen molar-refractivity contribution < 1.29 is 4.92 Å². The van der Waals surface area contributed by atoms with E-state index in [0.29, 0.717) is 0 Å². The summed E-state index contributed by atoms with van der Waals surface area (Å²) >= 11 is 0.0976. The molecule has 0 N–H and O–H groups in total. The fraction of sp³-hybridized carbons (Fsp3) is 0.250. The third kappa shape index (κ3) is 1.33. The van der Waals surface area contributed by atoms with Crippen molar-refractivity contribution in [3.63, 3.8) is 0 Å². The van der Waals surface area contributed by atoms with Gasteiger partial charge < -0.3 is 0 Å². The molecule has 0 amide bonds. The van der Waals surface area contributed by atoms with Crippen LogP contribution in [0.5, 0.6) is 0 Å². The number of nitrogens with zero attached hydrogens (tertiary/aromatic N) is 1. The van der Waals surface area contributed by atoms with E-state index in [-0.39, 0.29) is 31.5 Å². The van der Waals surface area contributed by atoms with E-state index in [9.17, 15) is 10.1 Å². The molecule has 0 atom stereocenters. The van der Waals surface area contributed by atoms with Crippen molar-refractivity contribution in [2.45, 2.75) is 8.94 Å². The monoisotopic (exact) mass is 279 g/mol. The first-order chi connectivity index (χ1) is 5.77. The zero-order valence-corrected chi connectivity index (χ0v) is 8.65. The summed E-state index contributed by atoms with van der Waals surface area (Å²) in [6, 6.07) is 5.25. The predicted molar refractivity (Wildman–Crippen MR) is 46.3 cm³/mol. The van der Waals surface area contributed by atoms with E-state index >= 15 is 0 Å². The number of nitro benzene ring substituents is 1. The van der Waals surface area contributed by atoms with Gasteiger partial charge in [-0.15, -0.1) is 0 Å². The zero-order chi connectivity index (χ0) is 8.55. The van der Waals surface area contributed by atoms with Crippen molar-refractivity contribution in [3.05, 3.63) is 39.4 Å². The summed E-state index contributed by atoms with van der Waals surface area (Å²) in [7, 11) is 0. The van der Waals surface area contributed by atoms with Gasteiger partial charge in [0.25, 0.3) is 0 Å². The first-order valence-corrected chi connectivity index (χ1v) is 6.91. The van der Waals surface area contributed by atoms with Gasteiger partial charge in [-0.3, -0.25) is 0 Å². The molecule has 1 aliphatic rings. The van der Waals surface area contributed by atoms with E-state index in [1.54, 1.807) is 12.1 Å². The molecule has 3 nitrogen and oxygen atoms in total. The summed E-state index contributed by atoms with van der Waals surface area (Å²) in [6.07, 6.45) is 0. The second-order valence-corrected chi connectivity index (χ2v) is 5.52. The van der Waals surface area contributed by atoms with Crippen molar-refractivity contribution in [3.8, 4) is 0 Å².